The summed E-state index contributed by atoms with van der Waals surface area (Å²) in [5.41, 5.74) is 2.17. The Balaban J connectivity index is 1.64. The van der Waals surface area contributed by atoms with E-state index in [1.54, 1.807) is 6.92 Å². The van der Waals surface area contributed by atoms with Crippen LogP contribution in [0, 0.1) is 0 Å². The second-order valence-electron chi connectivity index (χ2n) is 10.0. The van der Waals surface area contributed by atoms with Crippen molar-refractivity contribution in [2.45, 2.75) is 78.2 Å². The van der Waals surface area contributed by atoms with Gasteiger partial charge in [-0.25, -0.2) is 4.79 Å². The Hall–Kier alpha value is -3.48. The van der Waals surface area contributed by atoms with Crippen molar-refractivity contribution in [1.29, 1.82) is 0 Å². The molecular weight excluding hydrogens is 468 g/mol. The molecule has 0 bridgehead atoms. The molecule has 0 radical (unpaired) electrons. The van der Waals surface area contributed by atoms with Crippen LogP contribution in [0.5, 0.6) is 5.75 Å². The summed E-state index contributed by atoms with van der Waals surface area (Å²) in [5, 5.41) is 8.58. The topological polar surface area (TPSA) is 86.5 Å². The van der Waals surface area contributed by atoms with Gasteiger partial charge in [0.05, 0.1) is 31.0 Å². The summed E-state index contributed by atoms with van der Waals surface area (Å²) in [6.07, 6.45) is 6.48. The van der Waals surface area contributed by atoms with Gasteiger partial charge < -0.3 is 14.2 Å². The van der Waals surface area contributed by atoms with Crippen molar-refractivity contribution in [2.24, 2.45) is 10.2 Å². The fraction of sp³-hybridized carbons (Fsp3) is 0.467. The van der Waals surface area contributed by atoms with Crippen LogP contribution >= 0.6 is 0 Å². The van der Waals surface area contributed by atoms with Crippen LogP contribution in [0.4, 0.5) is 11.4 Å². The molecule has 0 amide bonds. The van der Waals surface area contributed by atoms with Gasteiger partial charge in [-0.2, -0.15) is 10.2 Å². The monoisotopic (exact) mass is 508 g/mol. The normalized spacial score (nSPS) is 11.4. The highest BCUT2D eigenvalue weighted by Gasteiger charge is 2.16. The number of carbonyl (C=O) groups is 2. The highest BCUT2D eigenvalue weighted by molar-refractivity contribution is 5.86. The molecule has 0 aliphatic rings. The number of azo groups is 1. The summed E-state index contributed by atoms with van der Waals surface area (Å²) in [6.45, 7) is 11.9. The highest BCUT2D eigenvalue weighted by atomic mass is 16.6. The van der Waals surface area contributed by atoms with E-state index in [1.807, 2.05) is 69.3 Å². The quantitative estimate of drug-likeness (QED) is 0.106. The molecule has 0 saturated heterocycles. The van der Waals surface area contributed by atoms with Crippen molar-refractivity contribution in [2.75, 3.05) is 13.2 Å². The minimum atomic E-state index is -0.505. The zero-order chi connectivity index (χ0) is 27.1. The molecule has 0 aliphatic heterocycles. The van der Waals surface area contributed by atoms with Gasteiger partial charge in [-0.15, -0.1) is 0 Å². The Bertz CT molecular complexity index is 1040. The SMILES string of the molecule is C=C(C)C(=O)OCCCCCCCCOc1ccc(N=Nc2cccc(CC(=O)OC(C)(C)C)c2)cc1. The Morgan fingerprint density at radius 1 is 0.838 bits per heavy atom. The number of nitrogens with zero attached hydrogens (tertiary/aromatic N) is 2. The maximum absolute atomic E-state index is 12.1. The second kappa shape index (κ2) is 15.6. The van der Waals surface area contributed by atoms with E-state index in [2.05, 4.69) is 16.8 Å². The number of benzene rings is 2. The van der Waals surface area contributed by atoms with Gasteiger partial charge in [0.15, 0.2) is 0 Å². The molecule has 2 aromatic rings. The minimum Gasteiger partial charge on any atom is -0.494 e. The Kier molecular flexibility index (Phi) is 12.5. The van der Waals surface area contributed by atoms with Crippen molar-refractivity contribution in [3.05, 3.63) is 66.2 Å². The first kappa shape index (κ1) is 29.7. The zero-order valence-corrected chi connectivity index (χ0v) is 22.6. The molecule has 0 unspecified atom stereocenters. The van der Waals surface area contributed by atoms with Crippen LogP contribution in [0.15, 0.2) is 70.9 Å². The van der Waals surface area contributed by atoms with Crippen molar-refractivity contribution in [3.63, 3.8) is 0 Å². The summed E-state index contributed by atoms with van der Waals surface area (Å²) in [5.74, 6) is 0.226. The van der Waals surface area contributed by atoms with Crippen LogP contribution in [0.3, 0.4) is 0 Å². The molecule has 0 aliphatic carbocycles. The molecule has 0 N–H and O–H groups in total. The molecule has 0 aromatic heterocycles. The lowest BCUT2D eigenvalue weighted by molar-refractivity contribution is -0.154. The predicted octanol–water partition coefficient (Wildman–Crippen LogP) is 7.82. The molecule has 7 heteroatoms. The number of esters is 2. The summed E-state index contributed by atoms with van der Waals surface area (Å²) >= 11 is 0. The third-order valence-corrected chi connectivity index (χ3v) is 5.19. The van der Waals surface area contributed by atoms with Crippen LogP contribution < -0.4 is 4.74 Å². The van der Waals surface area contributed by atoms with E-state index >= 15 is 0 Å². The maximum Gasteiger partial charge on any atom is 0.333 e. The van der Waals surface area contributed by atoms with Crippen LogP contribution in [0.25, 0.3) is 0 Å². The van der Waals surface area contributed by atoms with E-state index in [9.17, 15) is 9.59 Å². The molecule has 37 heavy (non-hydrogen) atoms. The Labute approximate surface area is 220 Å². The molecular formula is C30H40N2O5. The maximum atomic E-state index is 12.1. The predicted molar refractivity (Wildman–Crippen MR) is 146 cm³/mol. The molecule has 0 fully saturated rings. The van der Waals surface area contributed by atoms with Gasteiger partial charge in [0, 0.05) is 5.57 Å². The summed E-state index contributed by atoms with van der Waals surface area (Å²) in [6, 6.07) is 14.9. The van der Waals surface area contributed by atoms with Gasteiger partial charge >= 0.3 is 11.9 Å². The lowest BCUT2D eigenvalue weighted by atomic mass is 10.1. The van der Waals surface area contributed by atoms with Gasteiger partial charge in [0.1, 0.15) is 11.4 Å². The number of carbonyl (C=O) groups excluding carboxylic acids is 2. The summed E-state index contributed by atoms with van der Waals surface area (Å²) in [7, 11) is 0. The molecule has 7 nitrogen and oxygen atoms in total. The lowest BCUT2D eigenvalue weighted by Crippen LogP contribution is -2.24. The van der Waals surface area contributed by atoms with Crippen molar-refractivity contribution >= 4 is 23.3 Å². The fourth-order valence-electron chi connectivity index (χ4n) is 3.39. The molecule has 0 saturated carbocycles. The van der Waals surface area contributed by atoms with Gasteiger partial charge in [-0.05, 0) is 82.5 Å². The van der Waals surface area contributed by atoms with E-state index < -0.39 is 5.60 Å². The summed E-state index contributed by atoms with van der Waals surface area (Å²) < 4.78 is 16.3. The smallest absolute Gasteiger partial charge is 0.333 e. The lowest BCUT2D eigenvalue weighted by Gasteiger charge is -2.19. The third-order valence-electron chi connectivity index (χ3n) is 5.19. The van der Waals surface area contributed by atoms with Crippen molar-refractivity contribution in [3.8, 4) is 5.75 Å². The summed E-state index contributed by atoms with van der Waals surface area (Å²) in [4.78, 5) is 23.3. The first-order valence-electron chi connectivity index (χ1n) is 12.9. The zero-order valence-electron chi connectivity index (χ0n) is 22.6. The first-order valence-corrected chi connectivity index (χ1v) is 12.9. The molecule has 0 heterocycles. The van der Waals surface area contributed by atoms with E-state index in [0.717, 1.165) is 55.5 Å². The van der Waals surface area contributed by atoms with Gasteiger partial charge in [-0.1, -0.05) is 44.4 Å². The largest absolute Gasteiger partial charge is 0.494 e. The van der Waals surface area contributed by atoms with E-state index in [-0.39, 0.29) is 18.4 Å². The number of hydrogen-bond donors (Lipinski definition) is 0. The molecule has 0 spiro atoms. The average molecular weight is 509 g/mol. The van der Waals surface area contributed by atoms with Crippen LogP contribution in [0.1, 0.15) is 71.8 Å². The van der Waals surface area contributed by atoms with Crippen molar-refractivity contribution < 1.29 is 23.8 Å². The van der Waals surface area contributed by atoms with Crippen LogP contribution in [0.2, 0.25) is 0 Å². The van der Waals surface area contributed by atoms with Crippen LogP contribution in [-0.4, -0.2) is 30.8 Å². The average Bonchev–Trinajstić information content (AvgIpc) is 2.83. The van der Waals surface area contributed by atoms with E-state index in [0.29, 0.717) is 24.5 Å². The second-order valence-corrected chi connectivity index (χ2v) is 10.0. The van der Waals surface area contributed by atoms with Gasteiger partial charge in [0.2, 0.25) is 0 Å². The molecule has 0 atom stereocenters. The molecule has 2 aromatic carbocycles. The van der Waals surface area contributed by atoms with Gasteiger partial charge in [0.25, 0.3) is 0 Å². The first-order chi connectivity index (χ1) is 17.6. The van der Waals surface area contributed by atoms with E-state index in [4.69, 9.17) is 14.2 Å². The molecule has 2 rings (SSSR count). The van der Waals surface area contributed by atoms with Gasteiger partial charge in [-0.3, -0.25) is 4.79 Å². The van der Waals surface area contributed by atoms with Crippen molar-refractivity contribution in [1.82, 2.24) is 0 Å². The Morgan fingerprint density at radius 2 is 1.46 bits per heavy atom. The standard InChI is InChI=1S/C30H40N2O5/c1-23(2)29(34)36-20-11-9-7-6-8-10-19-35-27-17-15-25(16-18-27)31-32-26-14-12-13-24(21-26)22-28(33)37-30(3,4)5/h12-18,21H,1,6-11,19-20,22H2,2-5H3. The number of hydrogen-bond acceptors (Lipinski definition) is 7. The highest BCUT2D eigenvalue weighted by Crippen LogP contribution is 2.23. The number of unbranched alkanes of at least 4 members (excludes halogenated alkanes) is 5. The number of rotatable bonds is 15. The fourth-order valence-corrected chi connectivity index (χ4v) is 3.39. The Morgan fingerprint density at radius 3 is 2.11 bits per heavy atom. The minimum absolute atomic E-state index is 0.194. The number of ether oxygens (including phenoxy) is 3. The third kappa shape index (κ3) is 13.4. The van der Waals surface area contributed by atoms with E-state index in [1.165, 1.54) is 0 Å². The molecule has 200 valence electrons. The van der Waals surface area contributed by atoms with Crippen LogP contribution in [-0.2, 0) is 25.5 Å².